The number of hydrogen-bond acceptors (Lipinski definition) is 8. The molecule has 0 N–H and O–H groups in total. The number of nitrogens with zero attached hydrogens (tertiary/aromatic N) is 3. The zero-order chi connectivity index (χ0) is 21.8. The Morgan fingerprint density at radius 1 is 1.26 bits per heavy atom. The van der Waals surface area contributed by atoms with Crippen LogP contribution in [0.5, 0.6) is 0 Å². The summed E-state index contributed by atoms with van der Waals surface area (Å²) in [5.74, 6) is 0.817. The van der Waals surface area contributed by atoms with Crippen LogP contribution in [-0.4, -0.2) is 61.9 Å². The van der Waals surface area contributed by atoms with Crippen LogP contribution in [0.2, 0.25) is 0 Å². The number of hydrogen-bond donors (Lipinski definition) is 0. The molecule has 31 heavy (non-hydrogen) atoms. The molecule has 0 saturated carbocycles. The molecule has 2 aromatic rings. The molecule has 2 saturated heterocycles. The van der Waals surface area contributed by atoms with Gasteiger partial charge in [0.15, 0.2) is 11.1 Å². The van der Waals surface area contributed by atoms with Crippen molar-refractivity contribution >= 4 is 46.5 Å². The van der Waals surface area contributed by atoms with Crippen molar-refractivity contribution in [1.82, 2.24) is 4.90 Å². The zero-order valence-electron chi connectivity index (χ0n) is 17.4. The number of amides is 1. The maximum absolute atomic E-state index is 12.7. The van der Waals surface area contributed by atoms with Crippen LogP contribution in [-0.2, 0) is 14.3 Å². The summed E-state index contributed by atoms with van der Waals surface area (Å²) in [6, 6.07) is 10.6. The fraction of sp³-hybridized carbons (Fsp3) is 0.318. The predicted octanol–water partition coefficient (Wildman–Crippen LogP) is 3.53. The molecule has 9 heteroatoms. The van der Waals surface area contributed by atoms with E-state index in [2.05, 4.69) is 9.89 Å². The first-order chi connectivity index (χ1) is 15.0. The highest BCUT2D eigenvalue weighted by molar-refractivity contribution is 8.18. The van der Waals surface area contributed by atoms with Gasteiger partial charge in [-0.3, -0.25) is 9.69 Å². The Hall–Kier alpha value is -3.04. The van der Waals surface area contributed by atoms with Crippen molar-refractivity contribution < 1.29 is 23.5 Å². The Labute approximate surface area is 184 Å². The molecular weight excluding hydrogens is 418 g/mol. The largest absolute Gasteiger partial charge is 0.462 e. The number of amidine groups is 1. The summed E-state index contributed by atoms with van der Waals surface area (Å²) in [4.78, 5) is 33.3. The third kappa shape index (κ3) is 4.83. The first-order valence-corrected chi connectivity index (χ1v) is 10.8. The van der Waals surface area contributed by atoms with E-state index in [-0.39, 0.29) is 5.91 Å². The lowest BCUT2D eigenvalue weighted by atomic mass is 10.2. The van der Waals surface area contributed by atoms with Gasteiger partial charge in [0.05, 0.1) is 36.0 Å². The fourth-order valence-electron chi connectivity index (χ4n) is 3.18. The van der Waals surface area contributed by atoms with Gasteiger partial charge in [0.1, 0.15) is 5.76 Å². The van der Waals surface area contributed by atoms with Crippen LogP contribution in [0.1, 0.15) is 23.0 Å². The van der Waals surface area contributed by atoms with Gasteiger partial charge in [-0.15, -0.1) is 0 Å². The molecule has 0 aliphatic carbocycles. The van der Waals surface area contributed by atoms with E-state index >= 15 is 0 Å². The molecule has 1 aromatic heterocycles. The molecule has 0 unspecified atom stereocenters. The normalized spacial score (nSPS) is 19.5. The second kappa shape index (κ2) is 9.40. The summed E-state index contributed by atoms with van der Waals surface area (Å²) in [6.45, 7) is 4.97. The van der Waals surface area contributed by atoms with Gasteiger partial charge >= 0.3 is 5.97 Å². The Balaban J connectivity index is 1.52. The van der Waals surface area contributed by atoms with E-state index in [0.717, 1.165) is 19.0 Å². The Morgan fingerprint density at radius 2 is 2.06 bits per heavy atom. The topological polar surface area (TPSA) is 84.6 Å². The number of carbonyl (C=O) groups is 2. The molecule has 2 fully saturated rings. The summed E-state index contributed by atoms with van der Waals surface area (Å²) >= 11 is 1.26. The highest BCUT2D eigenvalue weighted by atomic mass is 32.2. The molecule has 1 amide bonds. The number of morpholine rings is 1. The van der Waals surface area contributed by atoms with Gasteiger partial charge in [-0.1, -0.05) is 6.07 Å². The maximum Gasteiger partial charge on any atom is 0.338 e. The summed E-state index contributed by atoms with van der Waals surface area (Å²) in [5, 5.41) is 0.525. The molecule has 2 aliphatic heterocycles. The van der Waals surface area contributed by atoms with Crippen molar-refractivity contribution in [1.29, 1.82) is 0 Å². The van der Waals surface area contributed by atoms with Crippen molar-refractivity contribution in [2.45, 2.75) is 6.92 Å². The highest BCUT2D eigenvalue weighted by Gasteiger charge is 2.31. The first-order valence-electron chi connectivity index (χ1n) is 10.0. The number of carbonyl (C=O) groups excluding carboxylic acids is 2. The minimum atomic E-state index is -0.400. The molecule has 0 radical (unpaired) electrons. The summed E-state index contributed by atoms with van der Waals surface area (Å²) in [5.41, 5.74) is 0.990. The van der Waals surface area contributed by atoms with Gasteiger partial charge < -0.3 is 18.8 Å². The van der Waals surface area contributed by atoms with Crippen LogP contribution in [0, 0.1) is 0 Å². The number of esters is 1. The quantitative estimate of drug-likeness (QED) is 0.518. The smallest absolute Gasteiger partial charge is 0.338 e. The lowest BCUT2D eigenvalue weighted by Gasteiger charge is -2.26. The second-order valence-corrected chi connectivity index (χ2v) is 7.92. The van der Waals surface area contributed by atoms with Gasteiger partial charge in [0.25, 0.3) is 5.91 Å². The van der Waals surface area contributed by atoms with Crippen molar-refractivity contribution in [2.75, 3.05) is 44.9 Å². The van der Waals surface area contributed by atoms with E-state index in [1.807, 2.05) is 12.1 Å². The van der Waals surface area contributed by atoms with Crippen LogP contribution in [0.3, 0.4) is 0 Å². The van der Waals surface area contributed by atoms with E-state index in [1.165, 1.54) is 16.7 Å². The van der Waals surface area contributed by atoms with Gasteiger partial charge in [0.2, 0.25) is 0 Å². The van der Waals surface area contributed by atoms with Gasteiger partial charge in [-0.2, -0.15) is 0 Å². The third-order valence-corrected chi connectivity index (χ3v) is 5.85. The van der Waals surface area contributed by atoms with Crippen LogP contribution in [0.15, 0.2) is 50.7 Å². The van der Waals surface area contributed by atoms with Crippen LogP contribution in [0.25, 0.3) is 6.08 Å². The number of aliphatic imine (C=N–C) groups is 1. The molecule has 0 spiro atoms. The van der Waals surface area contributed by atoms with E-state index in [4.69, 9.17) is 13.9 Å². The van der Waals surface area contributed by atoms with Crippen molar-refractivity contribution in [2.24, 2.45) is 4.99 Å². The molecule has 2 aliphatic rings. The van der Waals surface area contributed by atoms with Crippen LogP contribution >= 0.6 is 11.8 Å². The number of furan rings is 1. The zero-order valence-corrected chi connectivity index (χ0v) is 18.2. The number of ether oxygens (including phenoxy) is 2. The molecule has 4 rings (SSSR count). The SMILES string of the molecule is CCOC(=O)c1cccc(N=C2SC(=Cc3ccc(N4CCOCC4)o3)C(=O)N2C)c1. The lowest BCUT2D eigenvalue weighted by Crippen LogP contribution is -2.35. The predicted molar refractivity (Wildman–Crippen MR) is 120 cm³/mol. The number of likely N-dealkylation sites (N-methyl/N-ethyl adjacent to an activating group) is 1. The number of anilines is 1. The minimum absolute atomic E-state index is 0.158. The molecule has 1 aromatic carbocycles. The van der Waals surface area contributed by atoms with Gasteiger partial charge in [-0.25, -0.2) is 9.79 Å². The van der Waals surface area contributed by atoms with Gasteiger partial charge in [0, 0.05) is 32.3 Å². The standard InChI is InChI=1S/C22H23N3O5S/c1-3-29-21(27)15-5-4-6-16(13-15)23-22-24(2)20(26)18(31-22)14-17-7-8-19(30-17)25-9-11-28-12-10-25/h4-8,13-14H,3,9-12H2,1-2H3. The molecule has 162 valence electrons. The maximum atomic E-state index is 12.7. The summed E-state index contributed by atoms with van der Waals surface area (Å²) in [7, 11) is 1.67. The monoisotopic (exact) mass is 441 g/mol. The van der Waals surface area contributed by atoms with Crippen LogP contribution in [0.4, 0.5) is 11.6 Å². The van der Waals surface area contributed by atoms with Gasteiger partial charge in [-0.05, 0) is 43.0 Å². The molecule has 8 nitrogen and oxygen atoms in total. The summed E-state index contributed by atoms with van der Waals surface area (Å²) < 4.78 is 16.3. The van der Waals surface area contributed by atoms with E-state index in [0.29, 0.717) is 46.9 Å². The summed E-state index contributed by atoms with van der Waals surface area (Å²) in [6.07, 6.45) is 1.73. The number of benzene rings is 1. The van der Waals surface area contributed by atoms with E-state index in [1.54, 1.807) is 44.3 Å². The number of thioether (sulfide) groups is 1. The van der Waals surface area contributed by atoms with E-state index in [9.17, 15) is 9.59 Å². The molecule has 0 atom stereocenters. The highest BCUT2D eigenvalue weighted by Crippen LogP contribution is 2.34. The average molecular weight is 442 g/mol. The minimum Gasteiger partial charge on any atom is -0.462 e. The van der Waals surface area contributed by atoms with Crippen molar-refractivity contribution in [3.8, 4) is 0 Å². The molecule has 3 heterocycles. The average Bonchev–Trinajstić information content (AvgIpc) is 3.36. The third-order valence-electron chi connectivity index (χ3n) is 4.79. The Morgan fingerprint density at radius 3 is 2.84 bits per heavy atom. The first kappa shape index (κ1) is 21.2. The Kier molecular flexibility index (Phi) is 6.43. The number of rotatable bonds is 5. The van der Waals surface area contributed by atoms with Crippen molar-refractivity contribution in [3.05, 3.63) is 52.6 Å². The molecule has 0 bridgehead atoms. The van der Waals surface area contributed by atoms with Crippen LogP contribution < -0.4 is 4.90 Å². The fourth-order valence-corrected chi connectivity index (χ4v) is 4.15. The molecular formula is C22H23N3O5S. The Bertz CT molecular complexity index is 1040. The van der Waals surface area contributed by atoms with E-state index < -0.39 is 5.97 Å². The second-order valence-electron chi connectivity index (χ2n) is 6.92. The lowest BCUT2D eigenvalue weighted by molar-refractivity contribution is -0.121. The van der Waals surface area contributed by atoms with Crippen molar-refractivity contribution in [3.63, 3.8) is 0 Å².